The Morgan fingerprint density at radius 1 is 1.21 bits per heavy atom. The molecule has 0 spiro atoms. The molecule has 9 heteroatoms. The van der Waals surface area contributed by atoms with E-state index in [0.29, 0.717) is 27.5 Å². The van der Waals surface area contributed by atoms with Gasteiger partial charge in [-0.1, -0.05) is 53.5 Å². The Hall–Kier alpha value is -0.940. The first-order valence-electron chi connectivity index (χ1n) is 12.6. The van der Waals surface area contributed by atoms with Gasteiger partial charge in [0.1, 0.15) is 5.82 Å². The molecule has 0 radical (unpaired) electrons. The molecule has 1 aromatic heterocycles. The number of alkyl halides is 1. The second-order valence-electron chi connectivity index (χ2n) is 9.58. The second kappa shape index (κ2) is 13.4. The summed E-state index contributed by atoms with van der Waals surface area (Å²) in [5.41, 5.74) is 3.18. The van der Waals surface area contributed by atoms with E-state index in [1.807, 2.05) is 6.07 Å². The molecule has 1 saturated carbocycles. The number of pyridine rings is 1. The number of rotatable bonds is 8. The molecule has 3 heterocycles. The summed E-state index contributed by atoms with van der Waals surface area (Å²) in [7, 11) is 0. The van der Waals surface area contributed by atoms with Crippen LogP contribution in [-0.2, 0) is 14.4 Å². The third-order valence-corrected chi connectivity index (χ3v) is 8.84. The lowest BCUT2D eigenvalue weighted by Gasteiger charge is -2.41. The van der Waals surface area contributed by atoms with E-state index in [9.17, 15) is 4.79 Å². The van der Waals surface area contributed by atoms with Crippen LogP contribution in [0.4, 0.5) is 5.82 Å². The second-order valence-corrected chi connectivity index (χ2v) is 11.3. The van der Waals surface area contributed by atoms with Crippen molar-refractivity contribution in [3.05, 3.63) is 28.9 Å². The average molecular weight is 603 g/mol. The highest BCUT2D eigenvalue weighted by Crippen LogP contribution is 2.31. The van der Waals surface area contributed by atoms with Gasteiger partial charge in [0.05, 0.1) is 15.1 Å². The highest BCUT2D eigenvalue weighted by molar-refractivity contribution is 14.1. The number of hydroxylamine groups is 1. The number of anilines is 1. The van der Waals surface area contributed by atoms with E-state index in [0.717, 1.165) is 37.2 Å². The van der Waals surface area contributed by atoms with Gasteiger partial charge in [0.2, 0.25) is 0 Å². The standard InChI is InChI=1S/C25H36ClIN4O3/c26-20-15-19(11-12-22(32)30-34-23-10-4-5-14-33-23)16-28-25(20)29-21-9-6-13-31(24(21)27)17-18-7-2-1-3-8-18/h11-12,15-16,18,21,23-24H,1-10,13-14,17H2,(H,28,29)(H,30,32)/t21-,23?,24?/m1/s1. The molecule has 0 bridgehead atoms. The molecule has 188 valence electrons. The highest BCUT2D eigenvalue weighted by Gasteiger charge is 2.31. The van der Waals surface area contributed by atoms with Crippen molar-refractivity contribution in [3.8, 4) is 0 Å². The first-order valence-corrected chi connectivity index (χ1v) is 14.3. The van der Waals surface area contributed by atoms with Crippen LogP contribution in [-0.4, -0.2) is 51.9 Å². The lowest BCUT2D eigenvalue weighted by molar-refractivity contribution is -0.198. The van der Waals surface area contributed by atoms with Gasteiger partial charge in [-0.2, -0.15) is 0 Å². The molecule has 34 heavy (non-hydrogen) atoms. The van der Waals surface area contributed by atoms with Gasteiger partial charge in [0, 0.05) is 31.8 Å². The van der Waals surface area contributed by atoms with Crippen LogP contribution >= 0.6 is 34.2 Å². The summed E-state index contributed by atoms with van der Waals surface area (Å²) in [6.45, 7) is 3.04. The lowest BCUT2D eigenvalue weighted by atomic mass is 9.88. The Bertz CT molecular complexity index is 830. The van der Waals surface area contributed by atoms with E-state index in [1.165, 1.54) is 57.7 Å². The molecule has 7 nitrogen and oxygen atoms in total. The predicted molar refractivity (Wildman–Crippen MR) is 144 cm³/mol. The molecule has 1 aromatic rings. The maximum absolute atomic E-state index is 12.0. The van der Waals surface area contributed by atoms with Crippen LogP contribution in [0.3, 0.4) is 0 Å². The topological polar surface area (TPSA) is 75.7 Å². The molecule has 2 N–H and O–H groups in total. The number of halogens is 2. The minimum atomic E-state index is -0.368. The number of carbonyl (C=O) groups excluding carboxylic acids is 1. The van der Waals surface area contributed by atoms with Crippen LogP contribution in [0.2, 0.25) is 5.02 Å². The Morgan fingerprint density at radius 3 is 2.79 bits per heavy atom. The summed E-state index contributed by atoms with van der Waals surface area (Å²) in [5.74, 6) is 1.20. The third-order valence-electron chi connectivity index (χ3n) is 6.90. The van der Waals surface area contributed by atoms with Crippen molar-refractivity contribution in [2.45, 2.75) is 80.6 Å². The van der Waals surface area contributed by atoms with Crippen molar-refractivity contribution in [2.75, 3.05) is 25.0 Å². The van der Waals surface area contributed by atoms with Crippen molar-refractivity contribution in [2.24, 2.45) is 5.92 Å². The number of ether oxygens (including phenoxy) is 1. The zero-order valence-electron chi connectivity index (χ0n) is 19.7. The number of carbonyl (C=O) groups is 1. The number of nitrogens with zero attached hydrogens (tertiary/aromatic N) is 2. The van der Waals surface area contributed by atoms with Gasteiger partial charge in [-0.05, 0) is 68.7 Å². The number of aromatic nitrogens is 1. The fraction of sp³-hybridized carbons (Fsp3) is 0.680. The normalized spacial score (nSPS) is 27.1. The molecule has 4 rings (SSSR count). The molecule has 3 fully saturated rings. The quantitative estimate of drug-likeness (QED) is 0.134. The van der Waals surface area contributed by atoms with Crippen LogP contribution in [0.5, 0.6) is 0 Å². The van der Waals surface area contributed by atoms with Gasteiger partial charge in [-0.3, -0.25) is 9.69 Å². The number of nitrogens with one attached hydrogen (secondary N) is 2. The number of hydrogen-bond acceptors (Lipinski definition) is 6. The molecule has 2 aliphatic heterocycles. The Morgan fingerprint density at radius 2 is 2.03 bits per heavy atom. The zero-order chi connectivity index (χ0) is 23.8. The molecule has 1 amide bonds. The van der Waals surface area contributed by atoms with E-state index in [4.69, 9.17) is 21.2 Å². The Labute approximate surface area is 221 Å². The van der Waals surface area contributed by atoms with Gasteiger partial charge in [0.25, 0.3) is 5.91 Å². The molecular weight excluding hydrogens is 567 g/mol. The van der Waals surface area contributed by atoms with E-state index in [-0.39, 0.29) is 12.2 Å². The highest BCUT2D eigenvalue weighted by atomic mass is 127. The molecule has 3 aliphatic rings. The van der Waals surface area contributed by atoms with Crippen molar-refractivity contribution in [1.29, 1.82) is 0 Å². The number of likely N-dealkylation sites (tertiary alicyclic amines) is 1. The minimum absolute atomic E-state index is 0.314. The van der Waals surface area contributed by atoms with Gasteiger partial charge in [0.15, 0.2) is 6.29 Å². The first kappa shape index (κ1) is 26.1. The molecule has 1 aliphatic carbocycles. The lowest BCUT2D eigenvalue weighted by Crippen LogP contribution is -2.49. The molecular formula is C25H36ClIN4O3. The van der Waals surface area contributed by atoms with Crippen molar-refractivity contribution in [3.63, 3.8) is 0 Å². The molecule has 0 aromatic carbocycles. The third kappa shape index (κ3) is 7.78. The Balaban J connectivity index is 1.27. The van der Waals surface area contributed by atoms with Crippen molar-refractivity contribution >= 4 is 52.0 Å². The predicted octanol–water partition coefficient (Wildman–Crippen LogP) is 5.54. The molecule has 3 atom stereocenters. The van der Waals surface area contributed by atoms with Gasteiger partial charge in [-0.15, -0.1) is 0 Å². The smallest absolute Gasteiger partial charge is 0.267 e. The average Bonchev–Trinajstić information content (AvgIpc) is 2.86. The molecule has 2 saturated heterocycles. The van der Waals surface area contributed by atoms with E-state index < -0.39 is 0 Å². The number of hydrogen-bond donors (Lipinski definition) is 2. The summed E-state index contributed by atoms with van der Waals surface area (Å²) < 4.78 is 5.85. The minimum Gasteiger partial charge on any atom is -0.364 e. The summed E-state index contributed by atoms with van der Waals surface area (Å²) in [6, 6.07) is 2.14. The number of amides is 1. The van der Waals surface area contributed by atoms with E-state index >= 15 is 0 Å². The fourth-order valence-corrected chi connectivity index (χ4v) is 6.30. The van der Waals surface area contributed by atoms with Gasteiger partial charge in [-0.25, -0.2) is 15.3 Å². The van der Waals surface area contributed by atoms with Crippen LogP contribution in [0.15, 0.2) is 18.3 Å². The Kier molecular flexibility index (Phi) is 10.3. The first-order chi connectivity index (χ1) is 16.6. The van der Waals surface area contributed by atoms with Crippen LogP contribution in [0, 0.1) is 5.92 Å². The summed E-state index contributed by atoms with van der Waals surface area (Å²) in [4.78, 5) is 24.5. The van der Waals surface area contributed by atoms with Crippen LogP contribution < -0.4 is 10.8 Å². The SMILES string of the molecule is O=C(C=Cc1cnc(N[C@@H]2CCCN(CC3CCCCC3)C2I)c(Cl)c1)NOC1CCCCO1. The zero-order valence-corrected chi connectivity index (χ0v) is 22.6. The largest absolute Gasteiger partial charge is 0.364 e. The summed E-state index contributed by atoms with van der Waals surface area (Å²) >= 11 is 9.13. The van der Waals surface area contributed by atoms with Crippen molar-refractivity contribution < 1.29 is 14.4 Å². The monoisotopic (exact) mass is 602 g/mol. The maximum Gasteiger partial charge on any atom is 0.267 e. The number of piperidine rings is 1. The maximum atomic E-state index is 12.0. The molecule has 2 unspecified atom stereocenters. The van der Waals surface area contributed by atoms with Crippen LogP contribution in [0.1, 0.15) is 69.8 Å². The fourth-order valence-electron chi connectivity index (χ4n) is 5.02. The summed E-state index contributed by atoms with van der Waals surface area (Å²) in [6.07, 6.45) is 16.5. The van der Waals surface area contributed by atoms with E-state index in [2.05, 4.69) is 43.3 Å². The van der Waals surface area contributed by atoms with E-state index in [1.54, 1.807) is 12.3 Å². The summed E-state index contributed by atoms with van der Waals surface area (Å²) in [5, 5.41) is 4.14. The van der Waals surface area contributed by atoms with Gasteiger partial charge >= 0.3 is 0 Å². The van der Waals surface area contributed by atoms with Crippen molar-refractivity contribution in [1.82, 2.24) is 15.4 Å². The van der Waals surface area contributed by atoms with Crippen LogP contribution in [0.25, 0.3) is 6.08 Å². The van der Waals surface area contributed by atoms with Gasteiger partial charge < -0.3 is 10.1 Å².